The molecule has 112 valence electrons. The number of aromatic nitrogens is 1. The van der Waals surface area contributed by atoms with E-state index >= 15 is 0 Å². The summed E-state index contributed by atoms with van der Waals surface area (Å²) in [6.07, 6.45) is 6.78. The van der Waals surface area contributed by atoms with Gasteiger partial charge in [0.05, 0.1) is 15.1 Å². The molecule has 0 saturated heterocycles. The summed E-state index contributed by atoms with van der Waals surface area (Å²) in [5, 5.41) is 15.4. The van der Waals surface area contributed by atoms with E-state index in [-0.39, 0.29) is 10.6 Å². The van der Waals surface area contributed by atoms with Gasteiger partial charge in [0.25, 0.3) is 0 Å². The van der Waals surface area contributed by atoms with Crippen LogP contribution < -0.4 is 5.32 Å². The number of thioether (sulfide) groups is 1. The van der Waals surface area contributed by atoms with Crippen molar-refractivity contribution in [3.05, 3.63) is 27.8 Å². The van der Waals surface area contributed by atoms with E-state index in [1.165, 1.54) is 30.6 Å². The Labute approximate surface area is 131 Å². The Morgan fingerprint density at radius 2 is 2.24 bits per heavy atom. The molecule has 21 heavy (non-hydrogen) atoms. The predicted molar refractivity (Wildman–Crippen MR) is 89.5 cm³/mol. The van der Waals surface area contributed by atoms with Gasteiger partial charge in [-0.15, -0.1) is 11.3 Å². The molecule has 1 N–H and O–H groups in total. The highest BCUT2D eigenvalue weighted by atomic mass is 32.2. The fraction of sp³-hybridized carbons (Fsp3) is 0.500. The molecule has 7 heteroatoms. The molecule has 5 nitrogen and oxygen atoms in total. The highest BCUT2D eigenvalue weighted by Gasteiger charge is 2.28. The van der Waals surface area contributed by atoms with E-state index < -0.39 is 0 Å². The first-order valence-corrected chi connectivity index (χ1v) is 9.17. The Morgan fingerprint density at radius 1 is 1.43 bits per heavy atom. The Bertz CT molecular complexity index is 659. The first-order chi connectivity index (χ1) is 10.2. The molecule has 1 aliphatic carbocycles. The third-order valence-electron chi connectivity index (χ3n) is 4.00. The minimum absolute atomic E-state index is 0.110. The minimum atomic E-state index is -0.318. The zero-order chi connectivity index (χ0) is 14.8. The van der Waals surface area contributed by atoms with E-state index in [9.17, 15) is 10.1 Å². The van der Waals surface area contributed by atoms with Crippen LogP contribution in [0.5, 0.6) is 0 Å². The normalized spacial score (nSPS) is 22.3. The van der Waals surface area contributed by atoms with Crippen LogP contribution in [0.15, 0.2) is 17.6 Å². The van der Waals surface area contributed by atoms with Gasteiger partial charge in [0.1, 0.15) is 5.69 Å². The number of benzene rings is 1. The summed E-state index contributed by atoms with van der Waals surface area (Å²) in [6, 6.07) is 4.03. The van der Waals surface area contributed by atoms with Gasteiger partial charge in [0, 0.05) is 11.3 Å². The third-order valence-corrected chi connectivity index (χ3v) is 5.97. The lowest BCUT2D eigenvalue weighted by molar-refractivity contribution is -0.382. The molecular weight excluding hydrogens is 306 g/mol. The van der Waals surface area contributed by atoms with Gasteiger partial charge in [0.2, 0.25) is 0 Å². The summed E-state index contributed by atoms with van der Waals surface area (Å²) >= 11 is 3.28. The minimum Gasteiger partial charge on any atom is -0.376 e. The summed E-state index contributed by atoms with van der Waals surface area (Å²) in [4.78, 5) is 15.3. The average molecular weight is 323 g/mol. The second-order valence-corrected chi connectivity index (χ2v) is 7.19. The summed E-state index contributed by atoms with van der Waals surface area (Å²) in [7, 11) is 0. The van der Waals surface area contributed by atoms with Gasteiger partial charge in [-0.05, 0) is 31.2 Å². The van der Waals surface area contributed by atoms with E-state index in [0.29, 0.717) is 22.5 Å². The summed E-state index contributed by atoms with van der Waals surface area (Å²) in [5.74, 6) is 0. The van der Waals surface area contributed by atoms with Crippen LogP contribution in [0.4, 0.5) is 11.4 Å². The van der Waals surface area contributed by atoms with Gasteiger partial charge in [-0.1, -0.05) is 12.8 Å². The fourth-order valence-corrected chi connectivity index (χ4v) is 4.58. The number of fused-ring (bicyclic) bond motifs is 1. The van der Waals surface area contributed by atoms with Crippen LogP contribution in [-0.4, -0.2) is 27.5 Å². The molecule has 2 unspecified atom stereocenters. The molecule has 2 atom stereocenters. The van der Waals surface area contributed by atoms with Crippen molar-refractivity contribution >= 4 is 44.7 Å². The molecule has 1 aliphatic rings. The fourth-order valence-electron chi connectivity index (χ4n) is 2.96. The predicted octanol–water partition coefficient (Wildman–Crippen LogP) is 4.29. The number of anilines is 1. The van der Waals surface area contributed by atoms with Crippen molar-refractivity contribution in [1.82, 2.24) is 4.98 Å². The Morgan fingerprint density at radius 3 is 3.00 bits per heavy atom. The maximum Gasteiger partial charge on any atom is 0.319 e. The number of hydrogen-bond donors (Lipinski definition) is 1. The summed E-state index contributed by atoms with van der Waals surface area (Å²) in [6.45, 7) is 0. The van der Waals surface area contributed by atoms with Crippen molar-refractivity contribution in [3.63, 3.8) is 0 Å². The van der Waals surface area contributed by atoms with Crippen molar-refractivity contribution in [3.8, 4) is 0 Å². The standard InChI is InChI=1S/C14H17N3O2S2/c1-20-11-5-3-2-4-9(11)16-10-6-7-12-13(15-8-21-12)14(10)17(18)19/h6-9,11,16H,2-5H2,1H3. The molecular formula is C14H17N3O2S2. The van der Waals surface area contributed by atoms with E-state index in [1.807, 2.05) is 23.9 Å². The Hall–Kier alpha value is -1.34. The second-order valence-electron chi connectivity index (χ2n) is 5.23. The van der Waals surface area contributed by atoms with Crippen LogP contribution in [0, 0.1) is 10.1 Å². The summed E-state index contributed by atoms with van der Waals surface area (Å²) in [5.41, 5.74) is 2.86. The highest BCUT2D eigenvalue weighted by molar-refractivity contribution is 7.99. The molecule has 2 aromatic rings. The van der Waals surface area contributed by atoms with Crippen LogP contribution in [0.2, 0.25) is 0 Å². The van der Waals surface area contributed by atoms with Crippen molar-refractivity contribution in [1.29, 1.82) is 0 Å². The number of hydrogen-bond acceptors (Lipinski definition) is 6. The first-order valence-electron chi connectivity index (χ1n) is 7.00. The number of nitro groups is 1. The van der Waals surface area contributed by atoms with Crippen LogP contribution in [0.3, 0.4) is 0 Å². The van der Waals surface area contributed by atoms with Gasteiger partial charge in [0.15, 0.2) is 5.52 Å². The van der Waals surface area contributed by atoms with E-state index in [2.05, 4.69) is 16.6 Å². The van der Waals surface area contributed by atoms with Crippen LogP contribution in [-0.2, 0) is 0 Å². The smallest absolute Gasteiger partial charge is 0.319 e. The van der Waals surface area contributed by atoms with Gasteiger partial charge < -0.3 is 5.32 Å². The Balaban J connectivity index is 1.95. The van der Waals surface area contributed by atoms with Crippen molar-refractivity contribution in [2.75, 3.05) is 11.6 Å². The zero-order valence-electron chi connectivity index (χ0n) is 11.7. The molecule has 0 radical (unpaired) electrons. The van der Waals surface area contributed by atoms with Crippen molar-refractivity contribution in [2.45, 2.75) is 37.0 Å². The first kappa shape index (κ1) is 14.6. The van der Waals surface area contributed by atoms with Gasteiger partial charge in [-0.3, -0.25) is 10.1 Å². The number of nitrogens with one attached hydrogen (secondary N) is 1. The van der Waals surface area contributed by atoms with Crippen LogP contribution in [0.25, 0.3) is 10.2 Å². The lowest BCUT2D eigenvalue weighted by atomic mass is 9.94. The average Bonchev–Trinajstić information content (AvgIpc) is 2.95. The molecule has 0 amide bonds. The highest BCUT2D eigenvalue weighted by Crippen LogP contribution is 2.37. The van der Waals surface area contributed by atoms with Crippen LogP contribution in [0.1, 0.15) is 25.7 Å². The van der Waals surface area contributed by atoms with Crippen molar-refractivity contribution in [2.24, 2.45) is 0 Å². The molecule has 0 aliphatic heterocycles. The van der Waals surface area contributed by atoms with E-state index in [0.717, 1.165) is 11.1 Å². The van der Waals surface area contributed by atoms with E-state index in [1.54, 1.807) is 5.51 Å². The number of thiazole rings is 1. The SMILES string of the molecule is CSC1CCCCC1Nc1ccc2scnc2c1[N+](=O)[O-]. The molecule has 0 bridgehead atoms. The lowest BCUT2D eigenvalue weighted by Gasteiger charge is -2.31. The largest absolute Gasteiger partial charge is 0.376 e. The van der Waals surface area contributed by atoms with Gasteiger partial charge in [-0.2, -0.15) is 11.8 Å². The number of nitro benzene ring substituents is 1. The summed E-state index contributed by atoms with van der Waals surface area (Å²) < 4.78 is 0.859. The monoisotopic (exact) mass is 323 g/mol. The second kappa shape index (κ2) is 6.19. The zero-order valence-corrected chi connectivity index (χ0v) is 13.4. The molecule has 1 aromatic carbocycles. The molecule has 1 fully saturated rings. The number of rotatable bonds is 4. The molecule has 1 heterocycles. The maximum absolute atomic E-state index is 11.5. The third kappa shape index (κ3) is 2.85. The topological polar surface area (TPSA) is 68.1 Å². The lowest BCUT2D eigenvalue weighted by Crippen LogP contribution is -2.34. The number of nitrogens with zero attached hydrogens (tertiary/aromatic N) is 2. The van der Waals surface area contributed by atoms with Crippen molar-refractivity contribution < 1.29 is 4.92 Å². The van der Waals surface area contributed by atoms with Gasteiger partial charge in [-0.25, -0.2) is 4.98 Å². The molecule has 0 spiro atoms. The van der Waals surface area contributed by atoms with Gasteiger partial charge >= 0.3 is 5.69 Å². The Kier molecular flexibility index (Phi) is 4.30. The quantitative estimate of drug-likeness (QED) is 0.671. The van der Waals surface area contributed by atoms with E-state index in [4.69, 9.17) is 0 Å². The maximum atomic E-state index is 11.5. The molecule has 1 saturated carbocycles. The molecule has 3 rings (SSSR count). The molecule has 1 aromatic heterocycles. The van der Waals surface area contributed by atoms with Crippen LogP contribution >= 0.6 is 23.1 Å².